The van der Waals surface area contributed by atoms with Gasteiger partial charge in [0.1, 0.15) is 22.7 Å². The molecule has 0 atom stereocenters. The van der Waals surface area contributed by atoms with E-state index in [1.807, 2.05) is 49.4 Å². The molecule has 8 nitrogen and oxygen atoms in total. The Hall–Kier alpha value is -3.37. The average molecular weight is 617 g/mol. The number of fused-ring (bicyclic) bond motifs is 3. The lowest BCUT2D eigenvalue weighted by molar-refractivity contribution is -0.123. The van der Waals surface area contributed by atoms with E-state index in [2.05, 4.69) is 47.7 Å². The summed E-state index contributed by atoms with van der Waals surface area (Å²) in [7, 11) is 1.54. The van der Waals surface area contributed by atoms with Crippen molar-refractivity contribution >= 4 is 77.0 Å². The van der Waals surface area contributed by atoms with Crippen LogP contribution in [-0.4, -0.2) is 31.2 Å². The van der Waals surface area contributed by atoms with E-state index in [0.29, 0.717) is 28.5 Å². The number of benzene rings is 3. The molecule has 0 saturated heterocycles. The van der Waals surface area contributed by atoms with Crippen LogP contribution in [0.1, 0.15) is 18.9 Å². The van der Waals surface area contributed by atoms with Gasteiger partial charge in [0.15, 0.2) is 6.61 Å². The number of aryl methyl sites for hydroxylation is 1. The van der Waals surface area contributed by atoms with Crippen LogP contribution in [0.3, 0.4) is 0 Å². The van der Waals surface area contributed by atoms with Crippen LogP contribution in [0.2, 0.25) is 0 Å². The lowest BCUT2D eigenvalue weighted by Gasteiger charge is -2.11. The van der Waals surface area contributed by atoms with Gasteiger partial charge in [0.05, 0.1) is 23.7 Å². The van der Waals surface area contributed by atoms with Gasteiger partial charge in [-0.3, -0.25) is 9.59 Å². The molecule has 0 aliphatic heterocycles. The first-order valence-electron chi connectivity index (χ1n) is 10.9. The molecule has 0 fully saturated rings. The molecule has 0 bridgehead atoms. The van der Waals surface area contributed by atoms with Crippen molar-refractivity contribution in [2.45, 2.75) is 20.3 Å². The smallest absolute Gasteiger partial charge is 0.277 e. The first-order valence-corrected chi connectivity index (χ1v) is 12.5. The molecule has 0 saturated carbocycles. The highest BCUT2D eigenvalue weighted by Gasteiger charge is 2.15. The predicted molar refractivity (Wildman–Crippen MR) is 147 cm³/mol. The fourth-order valence-electron chi connectivity index (χ4n) is 3.56. The molecule has 2 amide bonds. The van der Waals surface area contributed by atoms with Crippen molar-refractivity contribution < 1.29 is 23.5 Å². The number of amides is 2. The molecule has 36 heavy (non-hydrogen) atoms. The van der Waals surface area contributed by atoms with E-state index in [-0.39, 0.29) is 18.9 Å². The summed E-state index contributed by atoms with van der Waals surface area (Å²) in [4.78, 5) is 24.8. The Balaban J connectivity index is 1.35. The lowest BCUT2D eigenvalue weighted by atomic mass is 10.1. The fourth-order valence-corrected chi connectivity index (χ4v) is 4.67. The third-order valence-corrected chi connectivity index (χ3v) is 6.81. The molecular weight excluding hydrogens is 594 g/mol. The van der Waals surface area contributed by atoms with Gasteiger partial charge < -0.3 is 19.2 Å². The molecule has 4 aromatic rings. The molecule has 186 valence electrons. The van der Waals surface area contributed by atoms with E-state index in [0.717, 1.165) is 30.9 Å². The maximum Gasteiger partial charge on any atom is 0.277 e. The van der Waals surface area contributed by atoms with Gasteiger partial charge in [0.2, 0.25) is 5.91 Å². The topological polar surface area (TPSA) is 102 Å². The highest BCUT2D eigenvalue weighted by atomic mass is 79.9. The van der Waals surface area contributed by atoms with Gasteiger partial charge in [-0.05, 0) is 59.6 Å². The van der Waals surface area contributed by atoms with Crippen LogP contribution < -0.4 is 20.2 Å². The maximum atomic E-state index is 12.6. The van der Waals surface area contributed by atoms with E-state index in [9.17, 15) is 9.59 Å². The minimum Gasteiger partial charge on any atom is -0.495 e. The van der Waals surface area contributed by atoms with Crippen molar-refractivity contribution in [2.24, 2.45) is 5.10 Å². The molecular formula is C26H23Br2N3O5. The maximum absolute atomic E-state index is 12.6. The number of anilines is 1. The molecule has 1 heterocycles. The Morgan fingerprint density at radius 1 is 0.972 bits per heavy atom. The molecule has 0 aliphatic rings. The first-order chi connectivity index (χ1) is 17.2. The summed E-state index contributed by atoms with van der Waals surface area (Å²) >= 11 is 6.85. The first kappa shape index (κ1) is 25.7. The second-order valence-electron chi connectivity index (χ2n) is 8.07. The zero-order valence-corrected chi connectivity index (χ0v) is 22.9. The number of hydrazone groups is 1. The number of carbonyl (C=O) groups is 2. The number of nitrogens with zero attached hydrogens (tertiary/aromatic N) is 1. The van der Waals surface area contributed by atoms with Gasteiger partial charge in [-0.1, -0.05) is 34.1 Å². The molecule has 0 aliphatic carbocycles. The molecule has 0 unspecified atom stereocenters. The number of nitrogens with one attached hydrogen (secondary N) is 2. The van der Waals surface area contributed by atoms with Crippen LogP contribution in [0.25, 0.3) is 21.9 Å². The second-order valence-corrected chi connectivity index (χ2v) is 9.78. The molecule has 10 heteroatoms. The normalized spacial score (nSPS) is 11.5. The van der Waals surface area contributed by atoms with Gasteiger partial charge in [-0.15, -0.1) is 0 Å². The van der Waals surface area contributed by atoms with Crippen molar-refractivity contribution in [1.82, 2.24) is 5.43 Å². The van der Waals surface area contributed by atoms with Crippen LogP contribution in [-0.2, 0) is 9.59 Å². The van der Waals surface area contributed by atoms with Crippen LogP contribution in [0.15, 0.2) is 67.0 Å². The number of hydrogen-bond acceptors (Lipinski definition) is 6. The van der Waals surface area contributed by atoms with Crippen molar-refractivity contribution in [3.63, 3.8) is 0 Å². The standard InChI is InChI=1S/C26H23Br2N3O5/c1-14-8-23(19(28)11-18(14)27)35-13-26(33)31-30-15(2)9-25(32)29-20-12-22-17(10-24(20)34-3)16-6-4-5-7-21(16)36-22/h4-8,10-12H,9,13H2,1-3H3,(H,29,32)(H,31,33). The Morgan fingerprint density at radius 2 is 1.75 bits per heavy atom. The molecule has 3 aromatic carbocycles. The van der Waals surface area contributed by atoms with E-state index < -0.39 is 5.91 Å². The minimum absolute atomic E-state index is 0.0279. The lowest BCUT2D eigenvalue weighted by Crippen LogP contribution is -2.26. The largest absolute Gasteiger partial charge is 0.495 e. The monoisotopic (exact) mass is 615 g/mol. The summed E-state index contributed by atoms with van der Waals surface area (Å²) < 4.78 is 18.6. The number of ether oxygens (including phenoxy) is 2. The van der Waals surface area contributed by atoms with Gasteiger partial charge >= 0.3 is 0 Å². The Kier molecular flexibility index (Phi) is 7.95. The average Bonchev–Trinajstić information content (AvgIpc) is 3.20. The van der Waals surface area contributed by atoms with Crippen LogP contribution in [0.4, 0.5) is 5.69 Å². The van der Waals surface area contributed by atoms with Gasteiger partial charge in [0, 0.05) is 27.0 Å². The second kappa shape index (κ2) is 11.1. The van der Waals surface area contributed by atoms with Gasteiger partial charge in [-0.25, -0.2) is 5.43 Å². The highest BCUT2D eigenvalue weighted by Crippen LogP contribution is 2.36. The molecule has 4 rings (SSSR count). The fraction of sp³-hybridized carbons (Fsp3) is 0.192. The summed E-state index contributed by atoms with van der Waals surface area (Å²) in [5.41, 5.74) is 5.68. The number of halogens is 2. The number of hydrogen-bond donors (Lipinski definition) is 2. The highest BCUT2D eigenvalue weighted by molar-refractivity contribution is 9.11. The van der Waals surface area contributed by atoms with Crippen LogP contribution in [0.5, 0.6) is 11.5 Å². The van der Waals surface area contributed by atoms with Crippen molar-refractivity contribution in [3.05, 3.63) is 63.0 Å². The van der Waals surface area contributed by atoms with E-state index in [1.165, 1.54) is 7.11 Å². The number of para-hydroxylation sites is 1. The van der Waals surface area contributed by atoms with Crippen molar-refractivity contribution in [2.75, 3.05) is 19.0 Å². The molecule has 0 radical (unpaired) electrons. The summed E-state index contributed by atoms with van der Waals surface area (Å²) in [6.45, 7) is 3.35. The third kappa shape index (κ3) is 5.88. The number of rotatable bonds is 8. The van der Waals surface area contributed by atoms with Gasteiger partial charge in [0.25, 0.3) is 5.91 Å². The summed E-state index contributed by atoms with van der Waals surface area (Å²) in [6.07, 6.45) is -0.0279. The summed E-state index contributed by atoms with van der Waals surface area (Å²) in [5.74, 6) is 0.294. The zero-order chi connectivity index (χ0) is 25.8. The van der Waals surface area contributed by atoms with Crippen molar-refractivity contribution in [3.8, 4) is 11.5 Å². The molecule has 2 N–H and O–H groups in total. The Morgan fingerprint density at radius 3 is 2.53 bits per heavy atom. The molecule has 0 spiro atoms. The van der Waals surface area contributed by atoms with Gasteiger partial charge in [-0.2, -0.15) is 5.10 Å². The van der Waals surface area contributed by atoms with E-state index in [1.54, 1.807) is 13.0 Å². The Bertz CT molecular complexity index is 1500. The van der Waals surface area contributed by atoms with Crippen molar-refractivity contribution in [1.29, 1.82) is 0 Å². The quantitative estimate of drug-likeness (QED) is 0.178. The number of carbonyl (C=O) groups excluding carboxylic acids is 2. The zero-order valence-electron chi connectivity index (χ0n) is 19.8. The van der Waals surface area contributed by atoms with E-state index >= 15 is 0 Å². The number of methoxy groups -OCH3 is 1. The molecule has 1 aromatic heterocycles. The minimum atomic E-state index is -0.445. The summed E-state index contributed by atoms with van der Waals surface area (Å²) in [5, 5.41) is 8.69. The number of furan rings is 1. The SMILES string of the molecule is COc1cc2c(cc1NC(=O)CC(C)=NNC(=O)COc1cc(C)c(Br)cc1Br)oc1ccccc12. The van der Waals surface area contributed by atoms with Crippen LogP contribution in [0, 0.1) is 6.92 Å². The van der Waals surface area contributed by atoms with E-state index in [4.69, 9.17) is 13.9 Å². The van der Waals surface area contributed by atoms with Crippen LogP contribution >= 0.6 is 31.9 Å². The predicted octanol–water partition coefficient (Wildman–Crippen LogP) is 6.33. The Labute approximate surface area is 224 Å². The third-order valence-electron chi connectivity index (χ3n) is 5.33. The summed E-state index contributed by atoms with van der Waals surface area (Å²) in [6, 6.07) is 14.9.